The van der Waals surface area contributed by atoms with E-state index in [4.69, 9.17) is 4.74 Å². The largest absolute Gasteiger partial charge is 0.379 e. The SMILES string of the molecule is O=[N+]([O-])c1c(Br)cccc1CN1CCOCC1. The van der Waals surface area contributed by atoms with Crippen molar-refractivity contribution in [3.8, 4) is 0 Å². The number of ether oxygens (including phenoxy) is 1. The lowest BCUT2D eigenvalue weighted by molar-refractivity contribution is -0.386. The first-order valence-electron chi connectivity index (χ1n) is 5.40. The van der Waals surface area contributed by atoms with Gasteiger partial charge in [0.25, 0.3) is 5.69 Å². The summed E-state index contributed by atoms with van der Waals surface area (Å²) in [6.07, 6.45) is 0. The Balaban J connectivity index is 2.19. The van der Waals surface area contributed by atoms with E-state index in [-0.39, 0.29) is 10.6 Å². The van der Waals surface area contributed by atoms with Gasteiger partial charge >= 0.3 is 0 Å². The Labute approximate surface area is 108 Å². The topological polar surface area (TPSA) is 55.6 Å². The summed E-state index contributed by atoms with van der Waals surface area (Å²) in [6.45, 7) is 3.63. The highest BCUT2D eigenvalue weighted by Gasteiger charge is 2.20. The van der Waals surface area contributed by atoms with Crippen molar-refractivity contribution in [1.82, 2.24) is 4.90 Å². The second kappa shape index (κ2) is 5.57. The molecule has 92 valence electrons. The molecule has 0 aliphatic carbocycles. The van der Waals surface area contributed by atoms with Crippen LogP contribution in [0.4, 0.5) is 5.69 Å². The number of para-hydroxylation sites is 1. The fourth-order valence-electron chi connectivity index (χ4n) is 1.89. The second-order valence-electron chi connectivity index (χ2n) is 3.89. The molecule has 6 heteroatoms. The Kier molecular flexibility index (Phi) is 4.09. The van der Waals surface area contributed by atoms with E-state index in [9.17, 15) is 10.1 Å². The van der Waals surface area contributed by atoms with Crippen LogP contribution in [0.2, 0.25) is 0 Å². The van der Waals surface area contributed by atoms with Crippen LogP contribution < -0.4 is 0 Å². The van der Waals surface area contributed by atoms with Crippen LogP contribution >= 0.6 is 15.9 Å². The Hall–Kier alpha value is -0.980. The first-order chi connectivity index (χ1) is 8.18. The maximum absolute atomic E-state index is 11.0. The van der Waals surface area contributed by atoms with E-state index in [2.05, 4.69) is 20.8 Å². The zero-order chi connectivity index (χ0) is 12.3. The molecule has 0 spiro atoms. The van der Waals surface area contributed by atoms with Crippen LogP contribution in [0, 0.1) is 10.1 Å². The van der Waals surface area contributed by atoms with Crippen molar-refractivity contribution in [1.29, 1.82) is 0 Å². The Morgan fingerprint density at radius 1 is 1.41 bits per heavy atom. The van der Waals surface area contributed by atoms with Crippen molar-refractivity contribution in [2.75, 3.05) is 26.3 Å². The molecule has 1 heterocycles. The number of morpholine rings is 1. The second-order valence-corrected chi connectivity index (χ2v) is 4.75. The van der Waals surface area contributed by atoms with E-state index in [1.165, 1.54) is 0 Å². The van der Waals surface area contributed by atoms with Gasteiger partial charge in [-0.15, -0.1) is 0 Å². The third kappa shape index (κ3) is 3.02. The van der Waals surface area contributed by atoms with Crippen LogP contribution in [0.5, 0.6) is 0 Å². The first kappa shape index (κ1) is 12.5. The molecule has 2 rings (SSSR count). The highest BCUT2D eigenvalue weighted by molar-refractivity contribution is 9.10. The molecule has 0 aromatic heterocycles. The van der Waals surface area contributed by atoms with Crippen molar-refractivity contribution < 1.29 is 9.66 Å². The normalized spacial score (nSPS) is 17.0. The fourth-order valence-corrected chi connectivity index (χ4v) is 2.44. The molecule has 17 heavy (non-hydrogen) atoms. The fraction of sp³-hybridized carbons (Fsp3) is 0.455. The summed E-state index contributed by atoms with van der Waals surface area (Å²) in [5.41, 5.74) is 0.908. The molecular formula is C11H13BrN2O3. The molecule has 1 fully saturated rings. The first-order valence-corrected chi connectivity index (χ1v) is 6.19. The van der Waals surface area contributed by atoms with Gasteiger partial charge < -0.3 is 4.74 Å². The summed E-state index contributed by atoms with van der Waals surface area (Å²) in [6, 6.07) is 5.33. The number of halogens is 1. The molecule has 5 nitrogen and oxygen atoms in total. The summed E-state index contributed by atoms with van der Waals surface area (Å²) in [7, 11) is 0. The highest BCUT2D eigenvalue weighted by Crippen LogP contribution is 2.29. The zero-order valence-electron chi connectivity index (χ0n) is 9.26. The zero-order valence-corrected chi connectivity index (χ0v) is 10.9. The predicted molar refractivity (Wildman–Crippen MR) is 66.9 cm³/mol. The van der Waals surface area contributed by atoms with E-state index in [1.54, 1.807) is 12.1 Å². The molecule has 0 radical (unpaired) electrons. The smallest absolute Gasteiger partial charge is 0.287 e. The number of nitro benzene ring substituents is 1. The molecule has 1 aromatic carbocycles. The minimum absolute atomic E-state index is 0.166. The lowest BCUT2D eigenvalue weighted by atomic mass is 10.1. The minimum atomic E-state index is -0.333. The number of hydrogen-bond acceptors (Lipinski definition) is 4. The quantitative estimate of drug-likeness (QED) is 0.634. The molecule has 0 unspecified atom stereocenters. The molecule has 0 amide bonds. The van der Waals surface area contributed by atoms with Gasteiger partial charge in [0.05, 0.1) is 22.6 Å². The van der Waals surface area contributed by atoms with Crippen LogP contribution in [0.15, 0.2) is 22.7 Å². The highest BCUT2D eigenvalue weighted by atomic mass is 79.9. The third-order valence-corrected chi connectivity index (χ3v) is 3.39. The Bertz CT molecular complexity index is 419. The predicted octanol–water partition coefficient (Wildman–Crippen LogP) is 2.19. The number of hydrogen-bond donors (Lipinski definition) is 0. The van der Waals surface area contributed by atoms with Crippen LogP contribution in [-0.4, -0.2) is 36.1 Å². The summed E-state index contributed by atoms with van der Waals surface area (Å²) in [5.74, 6) is 0. The van der Waals surface area contributed by atoms with Gasteiger partial charge in [-0.2, -0.15) is 0 Å². The Morgan fingerprint density at radius 3 is 2.76 bits per heavy atom. The van der Waals surface area contributed by atoms with Gasteiger partial charge in [0, 0.05) is 25.2 Å². The van der Waals surface area contributed by atoms with Crippen molar-refractivity contribution in [3.05, 3.63) is 38.3 Å². The van der Waals surface area contributed by atoms with Gasteiger partial charge in [0.1, 0.15) is 0 Å². The number of nitro groups is 1. The van der Waals surface area contributed by atoms with Gasteiger partial charge in [-0.05, 0) is 22.0 Å². The van der Waals surface area contributed by atoms with E-state index < -0.39 is 0 Å². The summed E-state index contributed by atoms with van der Waals surface area (Å²) in [4.78, 5) is 12.8. The van der Waals surface area contributed by atoms with E-state index >= 15 is 0 Å². The summed E-state index contributed by atoms with van der Waals surface area (Å²) >= 11 is 3.23. The number of rotatable bonds is 3. The molecule has 0 N–H and O–H groups in total. The third-order valence-electron chi connectivity index (χ3n) is 2.75. The standard InChI is InChI=1S/C11H13BrN2O3/c12-10-3-1-2-9(11(10)14(15)16)8-13-4-6-17-7-5-13/h1-3H,4-8H2. The lowest BCUT2D eigenvalue weighted by Crippen LogP contribution is -2.35. The molecular weight excluding hydrogens is 288 g/mol. The van der Waals surface area contributed by atoms with Gasteiger partial charge in [-0.25, -0.2) is 0 Å². The molecule has 0 atom stereocenters. The average Bonchev–Trinajstić information content (AvgIpc) is 2.30. The van der Waals surface area contributed by atoms with Gasteiger partial charge in [0.2, 0.25) is 0 Å². The maximum Gasteiger partial charge on any atom is 0.287 e. The molecule has 0 saturated carbocycles. The summed E-state index contributed by atoms with van der Waals surface area (Å²) in [5, 5.41) is 11.0. The summed E-state index contributed by atoms with van der Waals surface area (Å²) < 4.78 is 5.79. The van der Waals surface area contributed by atoms with Crippen LogP contribution in [0.1, 0.15) is 5.56 Å². The minimum Gasteiger partial charge on any atom is -0.379 e. The maximum atomic E-state index is 11.0. The van der Waals surface area contributed by atoms with Crippen molar-refractivity contribution in [3.63, 3.8) is 0 Å². The van der Waals surface area contributed by atoms with Crippen LogP contribution in [0.25, 0.3) is 0 Å². The van der Waals surface area contributed by atoms with Crippen molar-refractivity contribution >= 4 is 21.6 Å². The van der Waals surface area contributed by atoms with Crippen LogP contribution in [-0.2, 0) is 11.3 Å². The Morgan fingerprint density at radius 2 is 2.12 bits per heavy atom. The van der Waals surface area contributed by atoms with E-state index in [0.29, 0.717) is 24.2 Å². The van der Waals surface area contributed by atoms with Crippen LogP contribution in [0.3, 0.4) is 0 Å². The molecule has 1 aliphatic rings. The molecule has 1 aliphatic heterocycles. The van der Waals surface area contributed by atoms with Gasteiger partial charge in [0.15, 0.2) is 0 Å². The molecule has 1 saturated heterocycles. The van der Waals surface area contributed by atoms with Crippen molar-refractivity contribution in [2.45, 2.75) is 6.54 Å². The van der Waals surface area contributed by atoms with Gasteiger partial charge in [-0.3, -0.25) is 15.0 Å². The van der Waals surface area contributed by atoms with E-state index in [1.807, 2.05) is 6.07 Å². The van der Waals surface area contributed by atoms with Crippen molar-refractivity contribution in [2.24, 2.45) is 0 Å². The molecule has 0 bridgehead atoms. The number of nitrogens with zero attached hydrogens (tertiary/aromatic N) is 2. The number of benzene rings is 1. The monoisotopic (exact) mass is 300 g/mol. The lowest BCUT2D eigenvalue weighted by Gasteiger charge is -2.26. The van der Waals surface area contributed by atoms with E-state index in [0.717, 1.165) is 18.7 Å². The van der Waals surface area contributed by atoms with Gasteiger partial charge in [-0.1, -0.05) is 12.1 Å². The molecule has 1 aromatic rings. The average molecular weight is 301 g/mol.